The molecule has 2 nitrogen and oxygen atoms in total. The minimum absolute atomic E-state index is 0.642. The smallest absolute Gasteiger partial charge is 0.0529 e. The zero-order valence-corrected chi connectivity index (χ0v) is 8.06. The van der Waals surface area contributed by atoms with E-state index in [1.165, 1.54) is 12.8 Å². The van der Waals surface area contributed by atoms with E-state index in [-0.39, 0.29) is 0 Å². The first kappa shape index (κ1) is 8.04. The SMILES string of the molecule is C1=CC2C(C1)CC2Nc1cccnc1. The lowest BCUT2D eigenvalue weighted by atomic mass is 9.71. The normalized spacial score (nSPS) is 33.6. The second-order valence-corrected chi connectivity index (χ2v) is 4.23. The highest BCUT2D eigenvalue weighted by atomic mass is 15.0. The van der Waals surface area contributed by atoms with Crippen LogP contribution in [-0.4, -0.2) is 11.0 Å². The Balaban J connectivity index is 1.67. The molecular weight excluding hydrogens is 172 g/mol. The summed E-state index contributed by atoms with van der Waals surface area (Å²) in [6, 6.07) is 4.70. The molecule has 0 aromatic carbocycles. The number of aromatic nitrogens is 1. The highest BCUT2D eigenvalue weighted by molar-refractivity contribution is 5.42. The predicted molar refractivity (Wildman–Crippen MR) is 57.0 cm³/mol. The number of hydrogen-bond donors (Lipinski definition) is 1. The Morgan fingerprint density at radius 3 is 3.21 bits per heavy atom. The number of nitrogens with zero attached hydrogens (tertiary/aromatic N) is 1. The van der Waals surface area contributed by atoms with Gasteiger partial charge < -0.3 is 5.32 Å². The molecule has 2 heteroatoms. The zero-order chi connectivity index (χ0) is 9.38. The molecule has 2 aliphatic carbocycles. The van der Waals surface area contributed by atoms with E-state index in [4.69, 9.17) is 0 Å². The summed E-state index contributed by atoms with van der Waals surface area (Å²) in [5.41, 5.74) is 1.15. The van der Waals surface area contributed by atoms with E-state index >= 15 is 0 Å². The van der Waals surface area contributed by atoms with Crippen molar-refractivity contribution in [1.82, 2.24) is 4.98 Å². The molecule has 1 aromatic rings. The lowest BCUT2D eigenvalue weighted by molar-refractivity contribution is 0.218. The largest absolute Gasteiger partial charge is 0.380 e. The number of nitrogens with one attached hydrogen (secondary N) is 1. The molecule has 2 aliphatic rings. The molecule has 72 valence electrons. The Bertz CT molecular complexity index is 345. The molecule has 1 saturated carbocycles. The van der Waals surface area contributed by atoms with Gasteiger partial charge in [0.2, 0.25) is 0 Å². The Labute approximate surface area is 84.1 Å². The van der Waals surface area contributed by atoms with Crippen molar-refractivity contribution >= 4 is 5.69 Å². The molecule has 1 N–H and O–H groups in total. The maximum Gasteiger partial charge on any atom is 0.0529 e. The molecule has 0 aliphatic heterocycles. The van der Waals surface area contributed by atoms with Crippen molar-refractivity contribution in [2.75, 3.05) is 5.32 Å². The molecule has 0 spiro atoms. The fourth-order valence-corrected chi connectivity index (χ4v) is 2.55. The monoisotopic (exact) mass is 186 g/mol. The van der Waals surface area contributed by atoms with Gasteiger partial charge in [0, 0.05) is 24.4 Å². The molecule has 0 radical (unpaired) electrons. The van der Waals surface area contributed by atoms with Crippen molar-refractivity contribution in [3.05, 3.63) is 36.7 Å². The number of allylic oxidation sites excluding steroid dienone is 1. The predicted octanol–water partition coefficient (Wildman–Crippen LogP) is 2.46. The van der Waals surface area contributed by atoms with Gasteiger partial charge in [0.25, 0.3) is 0 Å². The lowest BCUT2D eigenvalue weighted by Gasteiger charge is -2.41. The molecule has 1 heterocycles. The Kier molecular flexibility index (Phi) is 1.79. The van der Waals surface area contributed by atoms with Crippen molar-refractivity contribution < 1.29 is 0 Å². The summed E-state index contributed by atoms with van der Waals surface area (Å²) >= 11 is 0. The first-order valence-electron chi connectivity index (χ1n) is 5.27. The quantitative estimate of drug-likeness (QED) is 0.718. The van der Waals surface area contributed by atoms with E-state index in [0.29, 0.717) is 6.04 Å². The fourth-order valence-electron chi connectivity index (χ4n) is 2.55. The maximum absolute atomic E-state index is 4.10. The van der Waals surface area contributed by atoms with Crippen LogP contribution in [0.25, 0.3) is 0 Å². The summed E-state index contributed by atoms with van der Waals surface area (Å²) < 4.78 is 0. The van der Waals surface area contributed by atoms with E-state index in [2.05, 4.69) is 28.5 Å². The highest BCUT2D eigenvalue weighted by Crippen LogP contribution is 2.43. The first-order valence-corrected chi connectivity index (χ1v) is 5.27. The molecule has 0 amide bonds. The second-order valence-electron chi connectivity index (χ2n) is 4.23. The fraction of sp³-hybridized carbons (Fsp3) is 0.417. The van der Waals surface area contributed by atoms with E-state index in [1.54, 1.807) is 0 Å². The Morgan fingerprint density at radius 2 is 2.43 bits per heavy atom. The van der Waals surface area contributed by atoms with Gasteiger partial charge in [-0.05, 0) is 30.9 Å². The third kappa shape index (κ3) is 1.22. The van der Waals surface area contributed by atoms with Gasteiger partial charge in [0.15, 0.2) is 0 Å². The van der Waals surface area contributed by atoms with Gasteiger partial charge in [-0.15, -0.1) is 0 Å². The number of rotatable bonds is 2. The van der Waals surface area contributed by atoms with Crippen LogP contribution in [0.15, 0.2) is 36.7 Å². The molecule has 14 heavy (non-hydrogen) atoms. The van der Waals surface area contributed by atoms with Gasteiger partial charge >= 0.3 is 0 Å². The van der Waals surface area contributed by atoms with Crippen molar-refractivity contribution in [2.45, 2.75) is 18.9 Å². The van der Waals surface area contributed by atoms with Gasteiger partial charge in [-0.25, -0.2) is 0 Å². The summed E-state index contributed by atoms with van der Waals surface area (Å²) in [5, 5.41) is 3.54. The Morgan fingerprint density at radius 1 is 1.43 bits per heavy atom. The molecule has 0 saturated heterocycles. The molecule has 3 atom stereocenters. The third-order valence-electron chi connectivity index (χ3n) is 3.38. The average Bonchev–Trinajstić information content (AvgIpc) is 2.58. The van der Waals surface area contributed by atoms with Crippen molar-refractivity contribution in [3.63, 3.8) is 0 Å². The number of fused-ring (bicyclic) bond motifs is 1. The van der Waals surface area contributed by atoms with Crippen LogP contribution in [0.3, 0.4) is 0 Å². The van der Waals surface area contributed by atoms with Gasteiger partial charge in [0.1, 0.15) is 0 Å². The van der Waals surface area contributed by atoms with Gasteiger partial charge in [-0.2, -0.15) is 0 Å². The average molecular weight is 186 g/mol. The summed E-state index contributed by atoms with van der Waals surface area (Å²) in [6.45, 7) is 0. The van der Waals surface area contributed by atoms with Crippen molar-refractivity contribution in [3.8, 4) is 0 Å². The molecule has 1 aromatic heterocycles. The molecular formula is C12H14N2. The van der Waals surface area contributed by atoms with Crippen LogP contribution in [0.5, 0.6) is 0 Å². The zero-order valence-electron chi connectivity index (χ0n) is 8.06. The minimum Gasteiger partial charge on any atom is -0.380 e. The van der Waals surface area contributed by atoms with Crippen LogP contribution < -0.4 is 5.32 Å². The third-order valence-corrected chi connectivity index (χ3v) is 3.38. The van der Waals surface area contributed by atoms with Gasteiger partial charge in [-0.3, -0.25) is 4.98 Å². The molecule has 3 rings (SSSR count). The molecule has 1 fully saturated rings. The van der Waals surface area contributed by atoms with Gasteiger partial charge in [0.05, 0.1) is 5.69 Å². The molecule has 0 bridgehead atoms. The number of pyridine rings is 1. The van der Waals surface area contributed by atoms with Crippen LogP contribution in [0.2, 0.25) is 0 Å². The number of anilines is 1. The minimum atomic E-state index is 0.642. The topological polar surface area (TPSA) is 24.9 Å². The lowest BCUT2D eigenvalue weighted by Crippen LogP contribution is -2.43. The number of hydrogen-bond acceptors (Lipinski definition) is 2. The standard InChI is InChI=1S/C12H14N2/c1-3-9-7-12(11(9)5-1)14-10-4-2-6-13-8-10/h1-2,4-6,8-9,11-12,14H,3,7H2. The summed E-state index contributed by atoms with van der Waals surface area (Å²) in [5.74, 6) is 1.69. The van der Waals surface area contributed by atoms with E-state index < -0.39 is 0 Å². The van der Waals surface area contributed by atoms with E-state index in [9.17, 15) is 0 Å². The maximum atomic E-state index is 4.10. The molecule has 3 unspecified atom stereocenters. The van der Waals surface area contributed by atoms with Crippen molar-refractivity contribution in [1.29, 1.82) is 0 Å². The van der Waals surface area contributed by atoms with E-state index in [0.717, 1.165) is 17.5 Å². The van der Waals surface area contributed by atoms with Crippen LogP contribution in [0.1, 0.15) is 12.8 Å². The van der Waals surface area contributed by atoms with Crippen LogP contribution in [-0.2, 0) is 0 Å². The van der Waals surface area contributed by atoms with Crippen molar-refractivity contribution in [2.24, 2.45) is 11.8 Å². The van der Waals surface area contributed by atoms with Crippen LogP contribution in [0, 0.1) is 11.8 Å². The second kappa shape index (κ2) is 3.12. The van der Waals surface area contributed by atoms with E-state index in [1.807, 2.05) is 18.5 Å². The van der Waals surface area contributed by atoms with Crippen LogP contribution >= 0.6 is 0 Å². The summed E-state index contributed by atoms with van der Waals surface area (Å²) in [4.78, 5) is 4.10. The van der Waals surface area contributed by atoms with Gasteiger partial charge in [-0.1, -0.05) is 12.2 Å². The highest BCUT2D eigenvalue weighted by Gasteiger charge is 2.40. The summed E-state index contributed by atoms with van der Waals surface area (Å²) in [6.07, 6.45) is 11.0. The Hall–Kier alpha value is -1.31. The summed E-state index contributed by atoms with van der Waals surface area (Å²) in [7, 11) is 0. The van der Waals surface area contributed by atoms with Crippen LogP contribution in [0.4, 0.5) is 5.69 Å². The first-order chi connectivity index (χ1) is 6.93.